The van der Waals surface area contributed by atoms with Crippen molar-refractivity contribution in [1.82, 2.24) is 5.32 Å². The molecule has 1 rings (SSSR count). The molecule has 0 aliphatic heterocycles. The molecule has 1 atom stereocenters. The highest BCUT2D eigenvalue weighted by Gasteiger charge is 2.17. The second-order valence-electron chi connectivity index (χ2n) is 9.33. The van der Waals surface area contributed by atoms with Gasteiger partial charge in [0.1, 0.15) is 23.4 Å². The van der Waals surface area contributed by atoms with Gasteiger partial charge in [0.15, 0.2) is 0 Å². The highest BCUT2D eigenvalue weighted by Crippen LogP contribution is 2.26. The largest absolute Gasteiger partial charge is 0.496 e. The summed E-state index contributed by atoms with van der Waals surface area (Å²) >= 11 is 0. The predicted octanol–water partition coefficient (Wildman–Crippen LogP) is 8.83. The molecule has 0 radical (unpaired) electrons. The molecule has 0 heterocycles. The van der Waals surface area contributed by atoms with Crippen molar-refractivity contribution < 1.29 is 9.47 Å². The lowest BCUT2D eigenvalue weighted by molar-refractivity contribution is 0.281. The number of rotatable bonds is 16. The van der Waals surface area contributed by atoms with Crippen LogP contribution in [0.2, 0.25) is 0 Å². The molecule has 38 heavy (non-hydrogen) atoms. The molecule has 5 nitrogen and oxygen atoms in total. The number of nitrogens with zero attached hydrogens (tertiary/aromatic N) is 2. The summed E-state index contributed by atoms with van der Waals surface area (Å²) in [5.41, 5.74) is 3.92. The maximum Gasteiger partial charge on any atom is 0.133 e. The Balaban J connectivity index is 3.65. The number of allylic oxidation sites excluding steroid dienone is 6. The molecule has 210 valence electrons. The maximum absolute atomic E-state index is 6.21. The van der Waals surface area contributed by atoms with Crippen LogP contribution in [0.15, 0.2) is 70.2 Å². The molecule has 5 heteroatoms. The van der Waals surface area contributed by atoms with Crippen molar-refractivity contribution in [2.75, 3.05) is 14.2 Å². The van der Waals surface area contributed by atoms with E-state index in [2.05, 4.69) is 94.4 Å². The summed E-state index contributed by atoms with van der Waals surface area (Å²) in [6.45, 7) is 14.7. The SMILES string of the molecule is CC/C=C(/C)O/C(=C/CC)C(C)N=C(N/C=C/CCC)c1cc(C(/C=C\CCCC)=NC)cc(OC)c1C. The van der Waals surface area contributed by atoms with Crippen molar-refractivity contribution in [2.45, 2.75) is 99.5 Å². The van der Waals surface area contributed by atoms with Crippen LogP contribution in [0.5, 0.6) is 5.75 Å². The summed E-state index contributed by atoms with van der Waals surface area (Å²) in [5, 5.41) is 3.47. The Morgan fingerprint density at radius 3 is 2.37 bits per heavy atom. The standard InChI is InChI=1S/C33H51N3O2/c1-10-14-16-17-21-30(34-8)28-23-29(26(6)32(24-28)37-9)33(35-22-18-15-11-2)36-27(7)31(20-13-4)38-25(5)19-12-3/h17-24,27H,10-16H2,1-9H3,(H,35,36)/b21-17-,22-18+,25-19-,31-20+,34-30?. The molecule has 1 unspecified atom stereocenters. The first-order chi connectivity index (χ1) is 18.4. The smallest absolute Gasteiger partial charge is 0.133 e. The minimum atomic E-state index is -0.181. The molecule has 0 saturated heterocycles. The molecular weight excluding hydrogens is 470 g/mol. The Kier molecular flexibility index (Phi) is 16.5. The van der Waals surface area contributed by atoms with Gasteiger partial charge in [0, 0.05) is 23.7 Å². The van der Waals surface area contributed by atoms with Crippen LogP contribution in [0.25, 0.3) is 0 Å². The van der Waals surface area contributed by atoms with E-state index in [9.17, 15) is 0 Å². The second kappa shape index (κ2) is 19.1. The van der Waals surface area contributed by atoms with Crippen LogP contribution in [0, 0.1) is 6.92 Å². The second-order valence-corrected chi connectivity index (χ2v) is 9.33. The Bertz CT molecular complexity index is 1030. The predicted molar refractivity (Wildman–Crippen MR) is 166 cm³/mol. The van der Waals surface area contributed by atoms with Gasteiger partial charge in [-0.15, -0.1) is 0 Å². The fourth-order valence-corrected chi connectivity index (χ4v) is 3.95. The van der Waals surface area contributed by atoms with E-state index in [1.165, 1.54) is 12.8 Å². The van der Waals surface area contributed by atoms with E-state index >= 15 is 0 Å². The minimum absolute atomic E-state index is 0.181. The number of unbranched alkanes of at least 4 members (excludes halogenated alkanes) is 3. The lowest BCUT2D eigenvalue weighted by Gasteiger charge is -2.19. The van der Waals surface area contributed by atoms with Gasteiger partial charge in [-0.1, -0.05) is 59.1 Å². The van der Waals surface area contributed by atoms with E-state index in [0.717, 1.165) is 77.6 Å². The third-order valence-corrected chi connectivity index (χ3v) is 6.08. The zero-order chi connectivity index (χ0) is 28.3. The van der Waals surface area contributed by atoms with E-state index in [4.69, 9.17) is 14.5 Å². The molecule has 0 saturated carbocycles. The van der Waals surface area contributed by atoms with Crippen molar-refractivity contribution in [3.05, 3.63) is 76.9 Å². The first-order valence-corrected chi connectivity index (χ1v) is 14.2. The fourth-order valence-electron chi connectivity index (χ4n) is 3.95. The van der Waals surface area contributed by atoms with Gasteiger partial charge in [-0.2, -0.15) is 0 Å². The Morgan fingerprint density at radius 1 is 1.03 bits per heavy atom. The lowest BCUT2D eigenvalue weighted by atomic mass is 9.99. The molecule has 0 bridgehead atoms. The molecule has 0 amide bonds. The molecule has 1 aromatic rings. The third kappa shape index (κ3) is 11.1. The topological polar surface area (TPSA) is 55.2 Å². The van der Waals surface area contributed by atoms with Gasteiger partial charge in [0.2, 0.25) is 0 Å². The first kappa shape index (κ1) is 32.9. The maximum atomic E-state index is 6.21. The summed E-state index contributed by atoms with van der Waals surface area (Å²) in [5.74, 6) is 3.32. The molecule has 0 fully saturated rings. The molecule has 0 aliphatic carbocycles. The zero-order valence-corrected chi connectivity index (χ0v) is 25.4. The van der Waals surface area contributed by atoms with E-state index in [0.29, 0.717) is 0 Å². The van der Waals surface area contributed by atoms with Crippen molar-refractivity contribution in [2.24, 2.45) is 9.98 Å². The summed E-state index contributed by atoms with van der Waals surface area (Å²) in [4.78, 5) is 9.72. The quantitative estimate of drug-likeness (QED) is 0.102. The molecule has 0 aromatic heterocycles. The molecule has 1 aromatic carbocycles. The van der Waals surface area contributed by atoms with Gasteiger partial charge in [-0.05, 0) is 83.0 Å². The number of benzene rings is 1. The monoisotopic (exact) mass is 521 g/mol. The number of ether oxygens (including phenoxy) is 2. The van der Waals surface area contributed by atoms with Crippen LogP contribution in [0.3, 0.4) is 0 Å². The van der Waals surface area contributed by atoms with Crippen LogP contribution in [-0.4, -0.2) is 31.7 Å². The summed E-state index contributed by atoms with van der Waals surface area (Å²) in [7, 11) is 3.54. The number of hydrogen-bond acceptors (Lipinski definition) is 4. The molecule has 0 aliphatic rings. The van der Waals surface area contributed by atoms with Crippen molar-refractivity contribution in [3.8, 4) is 5.75 Å². The van der Waals surface area contributed by atoms with Gasteiger partial charge >= 0.3 is 0 Å². The summed E-state index contributed by atoms with van der Waals surface area (Å²) < 4.78 is 12.0. The van der Waals surface area contributed by atoms with Crippen LogP contribution in [0.4, 0.5) is 0 Å². The van der Waals surface area contributed by atoms with Gasteiger partial charge in [-0.3, -0.25) is 9.98 Å². The number of methoxy groups -OCH3 is 1. The van der Waals surface area contributed by atoms with Crippen molar-refractivity contribution in [1.29, 1.82) is 0 Å². The molecule has 1 N–H and O–H groups in total. The van der Waals surface area contributed by atoms with Crippen LogP contribution in [-0.2, 0) is 4.74 Å². The van der Waals surface area contributed by atoms with E-state index in [1.54, 1.807) is 7.11 Å². The number of amidine groups is 1. The Labute approximate surface area is 232 Å². The fraction of sp³-hybridized carbons (Fsp3) is 0.515. The Hall–Kier alpha value is -3.08. The van der Waals surface area contributed by atoms with Crippen molar-refractivity contribution in [3.63, 3.8) is 0 Å². The van der Waals surface area contributed by atoms with Gasteiger partial charge < -0.3 is 14.8 Å². The Morgan fingerprint density at radius 2 is 1.76 bits per heavy atom. The minimum Gasteiger partial charge on any atom is -0.496 e. The normalized spacial score (nSPS) is 14.4. The number of aliphatic imine (C=N–C) groups is 2. The van der Waals surface area contributed by atoms with Crippen molar-refractivity contribution >= 4 is 11.5 Å². The van der Waals surface area contributed by atoms with Crippen LogP contribution < -0.4 is 10.1 Å². The van der Waals surface area contributed by atoms with Gasteiger partial charge in [0.25, 0.3) is 0 Å². The average Bonchev–Trinajstić information content (AvgIpc) is 2.90. The highest BCUT2D eigenvalue weighted by molar-refractivity contribution is 6.11. The first-order valence-electron chi connectivity index (χ1n) is 14.2. The van der Waals surface area contributed by atoms with Crippen LogP contribution in [0.1, 0.15) is 103 Å². The zero-order valence-electron chi connectivity index (χ0n) is 25.4. The average molecular weight is 522 g/mol. The van der Waals surface area contributed by atoms with E-state index in [-0.39, 0.29) is 6.04 Å². The third-order valence-electron chi connectivity index (χ3n) is 6.08. The van der Waals surface area contributed by atoms with Gasteiger partial charge in [0.05, 0.1) is 18.6 Å². The lowest BCUT2D eigenvalue weighted by Crippen LogP contribution is -2.24. The molecule has 0 spiro atoms. The summed E-state index contributed by atoms with van der Waals surface area (Å²) in [6.07, 6.45) is 19.9. The van der Waals surface area contributed by atoms with Crippen LogP contribution >= 0.6 is 0 Å². The van der Waals surface area contributed by atoms with E-state index < -0.39 is 0 Å². The van der Waals surface area contributed by atoms with E-state index in [1.807, 2.05) is 20.2 Å². The number of nitrogens with one attached hydrogen (secondary N) is 1. The number of hydrogen-bond donors (Lipinski definition) is 1. The molecular formula is C33H51N3O2. The highest BCUT2D eigenvalue weighted by atomic mass is 16.5. The summed E-state index contributed by atoms with van der Waals surface area (Å²) in [6, 6.07) is 4.03. The van der Waals surface area contributed by atoms with Gasteiger partial charge in [-0.25, -0.2) is 0 Å².